The predicted octanol–water partition coefficient (Wildman–Crippen LogP) is -0.715. The monoisotopic (exact) mass is 170 g/mol. The average Bonchev–Trinajstić information content (AvgIpc) is 1.73. The summed E-state index contributed by atoms with van der Waals surface area (Å²) in [6.45, 7) is 0. The van der Waals surface area contributed by atoms with Crippen LogP contribution in [0, 0.1) is 0 Å². The van der Waals surface area contributed by atoms with Crippen molar-refractivity contribution in [1.29, 1.82) is 0 Å². The summed E-state index contributed by atoms with van der Waals surface area (Å²) in [5.74, 6) is 7.17. The Balaban J connectivity index is 0. The van der Waals surface area contributed by atoms with Gasteiger partial charge in [0.15, 0.2) is 0 Å². The number of hydrogen-bond acceptors (Lipinski definition) is 3. The second-order valence-corrected chi connectivity index (χ2v) is 1.09. The fraction of sp³-hybridized carbons (Fsp3) is 0.500. The van der Waals surface area contributed by atoms with E-state index in [1.807, 2.05) is 0 Å². The number of carboxylic acids is 1. The van der Waals surface area contributed by atoms with Crippen LogP contribution in [0.2, 0.25) is 0 Å². The fourth-order valence-electron chi connectivity index (χ4n) is 0. The summed E-state index contributed by atoms with van der Waals surface area (Å²) >= 11 is 2.71. The Bertz CT molecular complexity index is 49.0. The van der Waals surface area contributed by atoms with Crippen LogP contribution >= 0.6 is 15.9 Å². The van der Waals surface area contributed by atoms with Crippen molar-refractivity contribution in [3.63, 3.8) is 0 Å². The molecule has 0 unspecified atom stereocenters. The van der Waals surface area contributed by atoms with Gasteiger partial charge >= 0.3 is 5.97 Å². The molecule has 7 heavy (non-hydrogen) atoms. The van der Waals surface area contributed by atoms with Crippen LogP contribution < -0.4 is 11.7 Å². The molecule has 44 valence electrons. The van der Waals surface area contributed by atoms with Gasteiger partial charge in [0, 0.05) is 0 Å². The molecule has 0 amide bonds. The van der Waals surface area contributed by atoms with Crippen LogP contribution in [0.5, 0.6) is 0 Å². The van der Waals surface area contributed by atoms with Crippen molar-refractivity contribution in [3.05, 3.63) is 0 Å². The number of alkyl halides is 1. The van der Waals surface area contributed by atoms with Crippen molar-refractivity contribution in [2.75, 3.05) is 5.33 Å². The van der Waals surface area contributed by atoms with Gasteiger partial charge in [-0.05, 0) is 0 Å². The molecular formula is C2H7BrN2O2. The van der Waals surface area contributed by atoms with E-state index in [0.29, 0.717) is 0 Å². The van der Waals surface area contributed by atoms with Crippen LogP contribution in [-0.4, -0.2) is 16.4 Å². The van der Waals surface area contributed by atoms with Gasteiger partial charge in [-0.15, -0.1) is 0 Å². The number of nitrogens with two attached hydrogens (primary N) is 2. The third-order valence-corrected chi connectivity index (χ3v) is 0.594. The van der Waals surface area contributed by atoms with E-state index in [1.165, 1.54) is 0 Å². The molecule has 0 saturated carbocycles. The maximum Gasteiger partial charge on any atom is 0.314 e. The normalized spacial score (nSPS) is 6.14. The van der Waals surface area contributed by atoms with Crippen molar-refractivity contribution in [1.82, 2.24) is 0 Å². The van der Waals surface area contributed by atoms with Crippen LogP contribution in [-0.2, 0) is 4.79 Å². The van der Waals surface area contributed by atoms with Gasteiger partial charge < -0.3 is 5.11 Å². The molecule has 5 N–H and O–H groups in total. The third kappa shape index (κ3) is 25.1. The summed E-state index contributed by atoms with van der Waals surface area (Å²) in [7, 11) is 0. The van der Waals surface area contributed by atoms with Crippen molar-refractivity contribution < 1.29 is 9.90 Å². The summed E-state index contributed by atoms with van der Waals surface area (Å²) in [6, 6.07) is 0. The molecule has 0 radical (unpaired) electrons. The Labute approximate surface area is 49.6 Å². The zero-order valence-electron chi connectivity index (χ0n) is 3.60. The molecule has 0 aliphatic heterocycles. The smallest absolute Gasteiger partial charge is 0.314 e. The quantitative estimate of drug-likeness (QED) is 0.276. The molecular weight excluding hydrogens is 164 g/mol. The zero-order valence-corrected chi connectivity index (χ0v) is 5.18. The van der Waals surface area contributed by atoms with Crippen molar-refractivity contribution in [2.45, 2.75) is 0 Å². The lowest BCUT2D eigenvalue weighted by molar-refractivity contribution is -0.133. The second kappa shape index (κ2) is 9.30. The molecule has 0 rings (SSSR count). The van der Waals surface area contributed by atoms with Gasteiger partial charge in [0.1, 0.15) is 5.33 Å². The minimum absolute atomic E-state index is 0.0347. The molecule has 0 fully saturated rings. The highest BCUT2D eigenvalue weighted by Crippen LogP contribution is 1.73. The number of carboxylic acid groups (broad SMARTS) is 1. The van der Waals surface area contributed by atoms with E-state index in [2.05, 4.69) is 27.6 Å². The molecule has 0 bridgehead atoms. The number of hydrogen-bond donors (Lipinski definition) is 3. The summed E-state index contributed by atoms with van der Waals surface area (Å²) in [5.41, 5.74) is 0. The number of carbonyl (C=O) groups is 1. The van der Waals surface area contributed by atoms with Crippen molar-refractivity contribution in [3.8, 4) is 0 Å². The third-order valence-electron chi connectivity index (χ3n) is 0.114. The number of rotatable bonds is 1. The lowest BCUT2D eigenvalue weighted by Gasteiger charge is -1.70. The highest BCUT2D eigenvalue weighted by molar-refractivity contribution is 9.09. The molecule has 0 aromatic carbocycles. The minimum atomic E-state index is -0.829. The van der Waals surface area contributed by atoms with Gasteiger partial charge in [0.2, 0.25) is 0 Å². The summed E-state index contributed by atoms with van der Waals surface area (Å²) in [5, 5.41) is 7.71. The second-order valence-electron chi connectivity index (χ2n) is 0.527. The van der Waals surface area contributed by atoms with E-state index in [4.69, 9.17) is 5.11 Å². The first-order chi connectivity index (χ1) is 3.27. The Kier molecular flexibility index (Phi) is 13.3. The van der Waals surface area contributed by atoms with Gasteiger partial charge in [0.25, 0.3) is 0 Å². The Morgan fingerprint density at radius 1 is 1.71 bits per heavy atom. The molecule has 0 aromatic rings. The number of hydrazine groups is 1. The molecule has 0 aliphatic carbocycles. The topological polar surface area (TPSA) is 89.3 Å². The van der Waals surface area contributed by atoms with E-state index in [1.54, 1.807) is 0 Å². The summed E-state index contributed by atoms with van der Waals surface area (Å²) in [6.07, 6.45) is 0. The van der Waals surface area contributed by atoms with Gasteiger partial charge in [-0.3, -0.25) is 16.5 Å². The average molecular weight is 171 g/mol. The van der Waals surface area contributed by atoms with Crippen LogP contribution in [0.1, 0.15) is 0 Å². The molecule has 0 atom stereocenters. The Morgan fingerprint density at radius 3 is 1.86 bits per heavy atom. The molecule has 0 aromatic heterocycles. The Hall–Kier alpha value is -0.130. The van der Waals surface area contributed by atoms with E-state index < -0.39 is 5.97 Å². The lowest BCUT2D eigenvalue weighted by Crippen LogP contribution is -2.02. The molecule has 0 saturated heterocycles. The van der Waals surface area contributed by atoms with E-state index in [-0.39, 0.29) is 5.33 Å². The Morgan fingerprint density at radius 2 is 1.86 bits per heavy atom. The largest absolute Gasteiger partial charge is 0.481 e. The fourth-order valence-corrected chi connectivity index (χ4v) is 0. The van der Waals surface area contributed by atoms with Gasteiger partial charge in [0.05, 0.1) is 0 Å². The van der Waals surface area contributed by atoms with Crippen LogP contribution in [0.25, 0.3) is 0 Å². The SMILES string of the molecule is NN.O=C(O)CBr. The van der Waals surface area contributed by atoms with Gasteiger partial charge in [-0.2, -0.15) is 0 Å². The molecule has 0 aliphatic rings. The van der Waals surface area contributed by atoms with Crippen molar-refractivity contribution in [2.24, 2.45) is 11.7 Å². The lowest BCUT2D eigenvalue weighted by atomic mass is 10.8. The van der Waals surface area contributed by atoms with Gasteiger partial charge in [-0.1, -0.05) is 15.9 Å². The van der Waals surface area contributed by atoms with Crippen LogP contribution in [0.3, 0.4) is 0 Å². The summed E-state index contributed by atoms with van der Waals surface area (Å²) in [4.78, 5) is 9.32. The first-order valence-corrected chi connectivity index (χ1v) is 2.50. The highest BCUT2D eigenvalue weighted by atomic mass is 79.9. The highest BCUT2D eigenvalue weighted by Gasteiger charge is 1.83. The van der Waals surface area contributed by atoms with E-state index in [0.717, 1.165) is 0 Å². The first kappa shape index (κ1) is 9.98. The van der Waals surface area contributed by atoms with Crippen molar-refractivity contribution >= 4 is 21.9 Å². The zero-order chi connectivity index (χ0) is 6.28. The number of aliphatic carboxylic acids is 1. The van der Waals surface area contributed by atoms with Crippen LogP contribution in [0.4, 0.5) is 0 Å². The molecule has 5 heteroatoms. The van der Waals surface area contributed by atoms with E-state index >= 15 is 0 Å². The maximum absolute atomic E-state index is 9.32. The van der Waals surface area contributed by atoms with E-state index in [9.17, 15) is 4.79 Å². The number of halogens is 1. The standard InChI is InChI=1S/C2H3BrO2.H4N2/c3-1-2(4)5;1-2/h1H2,(H,4,5);1-2H2. The van der Waals surface area contributed by atoms with Gasteiger partial charge in [-0.25, -0.2) is 0 Å². The first-order valence-electron chi connectivity index (χ1n) is 1.38. The van der Waals surface area contributed by atoms with Crippen LogP contribution in [0.15, 0.2) is 0 Å². The molecule has 0 spiro atoms. The molecule has 0 heterocycles. The predicted molar refractivity (Wildman–Crippen MR) is 29.8 cm³/mol. The minimum Gasteiger partial charge on any atom is -0.481 e. The maximum atomic E-state index is 9.32. The summed E-state index contributed by atoms with van der Waals surface area (Å²) < 4.78 is 0. The molecule has 4 nitrogen and oxygen atoms in total.